The van der Waals surface area contributed by atoms with Crippen molar-refractivity contribution < 1.29 is 4.42 Å². The smallest absolute Gasteiger partial charge is 0.136 e. The Morgan fingerprint density at radius 2 is 1.07 bits per heavy atom. The molecule has 0 aliphatic rings. The first-order valence-electron chi connectivity index (χ1n) is 19.4. The second-order valence-electron chi connectivity index (χ2n) is 12.8. The van der Waals surface area contributed by atoms with Crippen LogP contribution in [0.2, 0.25) is 0 Å². The SMILES string of the molecule is C/C=C\C(=C/C)c1ccccc1-c1ccc(-c2ccc(-c3ccc4oc5cccc(C=N)c5c4c3)cc2)cc1.CC.CN.c1ccc(Cc2ccccc2)cc1. The zero-order valence-corrected chi connectivity index (χ0v) is 33.2. The zero-order chi connectivity index (χ0) is 39.7. The predicted molar refractivity (Wildman–Crippen MR) is 244 cm³/mol. The molecule has 0 saturated heterocycles. The van der Waals surface area contributed by atoms with Crippen molar-refractivity contribution in [2.24, 2.45) is 5.73 Å². The van der Waals surface area contributed by atoms with Crippen molar-refractivity contribution in [1.82, 2.24) is 0 Å². The van der Waals surface area contributed by atoms with E-state index >= 15 is 0 Å². The van der Waals surface area contributed by atoms with Crippen molar-refractivity contribution in [2.45, 2.75) is 34.1 Å². The van der Waals surface area contributed by atoms with E-state index in [9.17, 15) is 0 Å². The van der Waals surface area contributed by atoms with Crippen LogP contribution in [0, 0.1) is 5.41 Å². The third kappa shape index (κ3) is 9.75. The van der Waals surface area contributed by atoms with Crippen molar-refractivity contribution in [3.63, 3.8) is 0 Å². The lowest BCUT2D eigenvalue weighted by Gasteiger charge is -2.12. The largest absolute Gasteiger partial charge is 0.456 e. The molecule has 0 radical (unpaired) electrons. The molecule has 7 aromatic carbocycles. The Balaban J connectivity index is 0.000000295. The molecule has 280 valence electrons. The van der Waals surface area contributed by atoms with Crippen LogP contribution < -0.4 is 5.73 Å². The van der Waals surface area contributed by atoms with Crippen LogP contribution >= 0.6 is 0 Å². The summed E-state index contributed by atoms with van der Waals surface area (Å²) in [6, 6.07) is 59.3. The summed E-state index contributed by atoms with van der Waals surface area (Å²) in [5.41, 5.74) is 19.3. The van der Waals surface area contributed by atoms with Gasteiger partial charge in [0.1, 0.15) is 11.2 Å². The highest BCUT2D eigenvalue weighted by Gasteiger charge is 2.12. The van der Waals surface area contributed by atoms with Gasteiger partial charge < -0.3 is 15.6 Å². The molecule has 0 spiro atoms. The molecule has 3 heteroatoms. The van der Waals surface area contributed by atoms with E-state index in [1.165, 1.54) is 57.8 Å². The lowest BCUT2D eigenvalue weighted by atomic mass is 9.92. The number of benzene rings is 7. The molecule has 0 bridgehead atoms. The Bertz CT molecular complexity index is 2450. The number of rotatable bonds is 8. The van der Waals surface area contributed by atoms with E-state index in [0.717, 1.165) is 45.0 Å². The van der Waals surface area contributed by atoms with Gasteiger partial charge >= 0.3 is 0 Å². The second kappa shape index (κ2) is 20.8. The summed E-state index contributed by atoms with van der Waals surface area (Å²) >= 11 is 0. The van der Waals surface area contributed by atoms with E-state index in [2.05, 4.69) is 183 Å². The van der Waals surface area contributed by atoms with Gasteiger partial charge in [0.05, 0.1) is 0 Å². The van der Waals surface area contributed by atoms with E-state index in [-0.39, 0.29) is 0 Å². The fraction of sp³-hybridized carbons (Fsp3) is 0.113. The highest BCUT2D eigenvalue weighted by molar-refractivity contribution is 6.13. The van der Waals surface area contributed by atoms with Gasteiger partial charge in [-0.1, -0.05) is 184 Å². The van der Waals surface area contributed by atoms with Gasteiger partial charge in [0.15, 0.2) is 0 Å². The van der Waals surface area contributed by atoms with Crippen LogP contribution in [0.15, 0.2) is 193 Å². The molecule has 0 fully saturated rings. The van der Waals surface area contributed by atoms with Gasteiger partial charge in [-0.15, -0.1) is 0 Å². The Morgan fingerprint density at radius 1 is 0.554 bits per heavy atom. The summed E-state index contributed by atoms with van der Waals surface area (Å²) in [5.74, 6) is 0. The van der Waals surface area contributed by atoms with Crippen molar-refractivity contribution in [3.8, 4) is 33.4 Å². The molecule has 56 heavy (non-hydrogen) atoms. The molecule has 1 heterocycles. The van der Waals surface area contributed by atoms with E-state index in [0.29, 0.717) is 0 Å². The third-order valence-electron chi connectivity index (χ3n) is 9.42. The first-order valence-corrected chi connectivity index (χ1v) is 19.4. The quantitative estimate of drug-likeness (QED) is 0.121. The van der Waals surface area contributed by atoms with Crippen LogP contribution in [0.4, 0.5) is 0 Å². The van der Waals surface area contributed by atoms with E-state index in [4.69, 9.17) is 9.83 Å². The normalized spacial score (nSPS) is 10.9. The monoisotopic (exact) mass is 732 g/mol. The second-order valence-corrected chi connectivity index (χ2v) is 12.8. The summed E-state index contributed by atoms with van der Waals surface area (Å²) in [6.07, 6.45) is 8.83. The summed E-state index contributed by atoms with van der Waals surface area (Å²) in [7, 11) is 1.50. The van der Waals surface area contributed by atoms with Gasteiger partial charge in [-0.25, -0.2) is 0 Å². The lowest BCUT2D eigenvalue weighted by Crippen LogP contribution is -1.88. The van der Waals surface area contributed by atoms with Gasteiger partial charge in [0.25, 0.3) is 0 Å². The molecule has 0 amide bonds. The summed E-state index contributed by atoms with van der Waals surface area (Å²) in [6.45, 7) is 8.14. The van der Waals surface area contributed by atoms with Crippen molar-refractivity contribution >= 4 is 33.7 Å². The Labute approximate surface area is 333 Å². The van der Waals surface area contributed by atoms with Gasteiger partial charge in [0, 0.05) is 22.6 Å². The number of nitrogens with two attached hydrogens (primary N) is 1. The maximum Gasteiger partial charge on any atom is 0.136 e. The summed E-state index contributed by atoms with van der Waals surface area (Å²) in [5, 5.41) is 9.84. The van der Waals surface area contributed by atoms with Crippen molar-refractivity contribution in [1.29, 1.82) is 5.41 Å². The molecule has 0 aliphatic heterocycles. The third-order valence-corrected chi connectivity index (χ3v) is 9.42. The van der Waals surface area contributed by atoms with E-state index in [1.54, 1.807) is 0 Å². The molecule has 0 saturated carbocycles. The van der Waals surface area contributed by atoms with Crippen LogP contribution in [0.5, 0.6) is 0 Å². The van der Waals surface area contributed by atoms with Gasteiger partial charge in [-0.05, 0) is 101 Å². The van der Waals surface area contributed by atoms with Crippen molar-refractivity contribution in [2.75, 3.05) is 7.05 Å². The molecule has 0 aliphatic carbocycles. The van der Waals surface area contributed by atoms with E-state index < -0.39 is 0 Å². The Kier molecular flexibility index (Phi) is 15.1. The number of hydrogen-bond acceptors (Lipinski definition) is 3. The Hall–Kier alpha value is -6.55. The van der Waals surface area contributed by atoms with Gasteiger partial charge in [-0.2, -0.15) is 0 Å². The van der Waals surface area contributed by atoms with Crippen LogP contribution in [-0.2, 0) is 6.42 Å². The minimum Gasteiger partial charge on any atom is -0.456 e. The first kappa shape index (κ1) is 40.6. The number of allylic oxidation sites excluding steroid dienone is 4. The number of furan rings is 1. The Morgan fingerprint density at radius 3 is 1.62 bits per heavy atom. The van der Waals surface area contributed by atoms with Crippen LogP contribution in [0.1, 0.15) is 49.9 Å². The highest BCUT2D eigenvalue weighted by Crippen LogP contribution is 2.35. The minimum atomic E-state index is 0.813. The summed E-state index contributed by atoms with van der Waals surface area (Å²) < 4.78 is 6.03. The average molecular weight is 733 g/mol. The molecule has 3 N–H and O–H groups in total. The topological polar surface area (TPSA) is 63.0 Å². The van der Waals surface area contributed by atoms with Crippen LogP contribution in [0.3, 0.4) is 0 Å². The molecule has 1 aromatic heterocycles. The molecular weight excluding hydrogens is 681 g/mol. The predicted octanol–water partition coefficient (Wildman–Crippen LogP) is 14.4. The standard InChI is InChI=1S/C37H29NO.C13H12.C2H6.CH5N/c1-3-8-25(4-2)32-10-5-6-11-33(32)29-19-17-27(18-20-29)26-13-15-28(16-14-26)30-21-22-35-34(23-30)37-31(24-38)9-7-12-36(37)39-35;1-3-7-12(8-4-1)11-13-9-5-2-6-10-13;2*1-2/h3-24,38H,1-2H3;1-10H,11H2;1-2H3;2H2,1H3/b8-3-,25-4+,38-24?;;;. The fourth-order valence-electron chi connectivity index (χ4n) is 6.79. The van der Waals surface area contributed by atoms with Gasteiger partial charge in [-0.3, -0.25) is 0 Å². The number of nitrogens with one attached hydrogen (secondary N) is 1. The molecule has 0 atom stereocenters. The van der Waals surface area contributed by atoms with E-state index in [1.807, 2.05) is 38.1 Å². The molecule has 8 aromatic rings. The zero-order valence-electron chi connectivity index (χ0n) is 33.2. The van der Waals surface area contributed by atoms with Crippen molar-refractivity contribution in [3.05, 3.63) is 210 Å². The van der Waals surface area contributed by atoms with Crippen LogP contribution in [-0.4, -0.2) is 13.3 Å². The minimum absolute atomic E-state index is 0.813. The van der Waals surface area contributed by atoms with Gasteiger partial charge in [0.2, 0.25) is 0 Å². The summed E-state index contributed by atoms with van der Waals surface area (Å²) in [4.78, 5) is 0. The number of hydrogen-bond donors (Lipinski definition) is 2. The maximum atomic E-state index is 7.81. The average Bonchev–Trinajstić information content (AvgIpc) is 3.66. The highest BCUT2D eigenvalue weighted by atomic mass is 16.3. The molecule has 8 rings (SSSR count). The lowest BCUT2D eigenvalue weighted by molar-refractivity contribution is 0.669. The molecule has 0 unspecified atom stereocenters. The maximum absolute atomic E-state index is 7.81. The molecule has 3 nitrogen and oxygen atoms in total. The molecular formula is C53H52N2O. The van der Waals surface area contributed by atoms with Crippen LogP contribution in [0.25, 0.3) is 60.9 Å². The fourth-order valence-corrected chi connectivity index (χ4v) is 6.79. The first-order chi connectivity index (χ1) is 27.6. The number of fused-ring (bicyclic) bond motifs is 3.